The van der Waals surface area contributed by atoms with Crippen molar-refractivity contribution >= 4 is 0 Å². The maximum atomic E-state index is 5.78. The maximum absolute atomic E-state index is 5.78. The molecule has 0 aliphatic carbocycles. The molecule has 1 aliphatic heterocycles. The molecule has 0 saturated carbocycles. The largest absolute Gasteiger partial charge is 0.496 e. The number of hydrogen-bond acceptors (Lipinski definition) is 2. The van der Waals surface area contributed by atoms with Crippen LogP contribution in [-0.2, 0) is 10.2 Å². The molecule has 1 aromatic carbocycles. The van der Waals surface area contributed by atoms with E-state index >= 15 is 0 Å². The van der Waals surface area contributed by atoms with Crippen LogP contribution >= 0.6 is 0 Å². The summed E-state index contributed by atoms with van der Waals surface area (Å²) in [7, 11) is 1.99. The molecular weight excluding hydrogens is 234 g/mol. The smallest absolute Gasteiger partial charge is 0.113 e. The molecule has 1 aliphatic rings. The van der Waals surface area contributed by atoms with Gasteiger partial charge in [0.2, 0.25) is 0 Å². The van der Waals surface area contributed by atoms with E-state index < -0.39 is 0 Å². The Morgan fingerprint density at radius 2 is 1.84 bits per heavy atom. The quantitative estimate of drug-likeness (QED) is 0.887. The number of hydrogen-bond donors (Lipinski definition) is 1. The highest BCUT2D eigenvalue weighted by atomic mass is 16.5. The molecule has 1 heterocycles. The van der Waals surface area contributed by atoms with Crippen LogP contribution in [0.3, 0.4) is 0 Å². The van der Waals surface area contributed by atoms with Crippen LogP contribution in [0.15, 0.2) is 36.1 Å². The first kappa shape index (κ1) is 14.1. The van der Waals surface area contributed by atoms with Crippen molar-refractivity contribution in [3.8, 4) is 0 Å². The van der Waals surface area contributed by atoms with Crippen molar-refractivity contribution in [2.24, 2.45) is 0 Å². The van der Waals surface area contributed by atoms with E-state index in [2.05, 4.69) is 56.4 Å². The number of allylic oxidation sites excluding steroid dienone is 1. The molecule has 0 fully saturated rings. The van der Waals surface area contributed by atoms with Crippen LogP contribution in [0.5, 0.6) is 0 Å². The molecule has 0 bridgehead atoms. The van der Waals surface area contributed by atoms with Crippen LogP contribution < -0.4 is 5.32 Å². The molecule has 0 radical (unpaired) electrons. The van der Waals surface area contributed by atoms with Gasteiger partial charge in [-0.15, -0.1) is 0 Å². The van der Waals surface area contributed by atoms with Gasteiger partial charge in [0.15, 0.2) is 0 Å². The number of likely N-dealkylation sites (N-methyl/N-ethyl adjacent to an activating group) is 1. The van der Waals surface area contributed by atoms with Gasteiger partial charge in [0.25, 0.3) is 0 Å². The molecule has 104 valence electrons. The summed E-state index contributed by atoms with van der Waals surface area (Å²) < 4.78 is 5.78. The van der Waals surface area contributed by atoms with Crippen molar-refractivity contribution in [3.63, 3.8) is 0 Å². The van der Waals surface area contributed by atoms with Gasteiger partial charge in [0.1, 0.15) is 5.76 Å². The molecular formula is C17H25NO. The third kappa shape index (κ3) is 3.38. The number of ether oxygens (including phenoxy) is 1. The van der Waals surface area contributed by atoms with Crippen LogP contribution in [0.4, 0.5) is 0 Å². The van der Waals surface area contributed by atoms with Crippen molar-refractivity contribution in [1.29, 1.82) is 0 Å². The van der Waals surface area contributed by atoms with Gasteiger partial charge in [0, 0.05) is 0 Å². The summed E-state index contributed by atoms with van der Waals surface area (Å²) in [6.07, 6.45) is 4.46. The Bertz CT molecular complexity index is 439. The van der Waals surface area contributed by atoms with Crippen molar-refractivity contribution in [2.75, 3.05) is 13.7 Å². The summed E-state index contributed by atoms with van der Waals surface area (Å²) in [5.41, 5.74) is 2.84. The van der Waals surface area contributed by atoms with Crippen LogP contribution in [-0.4, -0.2) is 13.7 Å². The van der Waals surface area contributed by atoms with Gasteiger partial charge in [-0.1, -0.05) is 45.0 Å². The third-order valence-corrected chi connectivity index (χ3v) is 3.65. The van der Waals surface area contributed by atoms with E-state index in [0.717, 1.165) is 25.2 Å². The predicted octanol–water partition coefficient (Wildman–Crippen LogP) is 3.94. The Morgan fingerprint density at radius 1 is 1.16 bits per heavy atom. The molecule has 0 saturated heterocycles. The van der Waals surface area contributed by atoms with Gasteiger partial charge in [-0.05, 0) is 42.5 Å². The minimum Gasteiger partial charge on any atom is -0.496 e. The lowest BCUT2D eigenvalue weighted by Crippen LogP contribution is -2.22. The highest BCUT2D eigenvalue weighted by Gasteiger charge is 2.19. The Labute approximate surface area is 116 Å². The minimum atomic E-state index is 0.175. The number of rotatable bonds is 3. The van der Waals surface area contributed by atoms with E-state index in [9.17, 15) is 0 Å². The van der Waals surface area contributed by atoms with Crippen LogP contribution in [0.25, 0.3) is 0 Å². The van der Waals surface area contributed by atoms with E-state index in [1.807, 2.05) is 7.05 Å². The molecule has 1 aromatic rings. The standard InChI is InChI=1S/C17H25NO/c1-17(2,3)14-10-8-13(9-11-14)16(18-4)15-7-5-6-12-19-15/h7-11,16,18H,5-6,12H2,1-4H3. The normalized spacial score (nSPS) is 17.6. The first-order valence-electron chi connectivity index (χ1n) is 7.13. The van der Waals surface area contributed by atoms with Crippen molar-refractivity contribution in [2.45, 2.75) is 45.1 Å². The first-order valence-corrected chi connectivity index (χ1v) is 7.13. The number of benzene rings is 1. The maximum Gasteiger partial charge on any atom is 0.113 e. The summed E-state index contributed by atoms with van der Waals surface area (Å²) in [5, 5.41) is 3.35. The van der Waals surface area contributed by atoms with E-state index in [1.165, 1.54) is 11.1 Å². The predicted molar refractivity (Wildman–Crippen MR) is 80.2 cm³/mol. The molecule has 19 heavy (non-hydrogen) atoms. The highest BCUT2D eigenvalue weighted by molar-refractivity contribution is 5.32. The van der Waals surface area contributed by atoms with E-state index in [-0.39, 0.29) is 11.5 Å². The van der Waals surface area contributed by atoms with Crippen molar-refractivity contribution < 1.29 is 4.74 Å². The zero-order valence-electron chi connectivity index (χ0n) is 12.5. The fourth-order valence-electron chi connectivity index (χ4n) is 2.43. The molecule has 2 heteroatoms. The molecule has 0 aromatic heterocycles. The first-order chi connectivity index (χ1) is 9.02. The average molecular weight is 259 g/mol. The summed E-state index contributed by atoms with van der Waals surface area (Å²) in [5.74, 6) is 1.07. The van der Waals surface area contributed by atoms with Gasteiger partial charge >= 0.3 is 0 Å². The summed E-state index contributed by atoms with van der Waals surface area (Å²) in [6, 6.07) is 9.04. The third-order valence-electron chi connectivity index (χ3n) is 3.65. The second kappa shape index (κ2) is 5.79. The topological polar surface area (TPSA) is 21.3 Å². The lowest BCUT2D eigenvalue weighted by Gasteiger charge is -2.25. The fourth-order valence-corrected chi connectivity index (χ4v) is 2.43. The van der Waals surface area contributed by atoms with E-state index in [4.69, 9.17) is 4.74 Å². The van der Waals surface area contributed by atoms with Gasteiger partial charge in [-0.2, -0.15) is 0 Å². The zero-order chi connectivity index (χ0) is 13.9. The van der Waals surface area contributed by atoms with Crippen LogP contribution in [0, 0.1) is 0 Å². The van der Waals surface area contributed by atoms with Gasteiger partial charge in [0.05, 0.1) is 12.6 Å². The molecule has 1 atom stereocenters. The SMILES string of the molecule is CNC(C1=CCCCO1)c1ccc(C(C)(C)C)cc1. The molecule has 0 spiro atoms. The molecule has 0 amide bonds. The number of nitrogens with one attached hydrogen (secondary N) is 1. The fraction of sp³-hybridized carbons (Fsp3) is 0.529. The Balaban J connectivity index is 2.22. The summed E-state index contributed by atoms with van der Waals surface area (Å²) >= 11 is 0. The van der Waals surface area contributed by atoms with Gasteiger partial charge in [-0.3, -0.25) is 0 Å². The van der Waals surface area contributed by atoms with Crippen molar-refractivity contribution in [1.82, 2.24) is 5.32 Å². The second-order valence-corrected chi connectivity index (χ2v) is 6.19. The van der Waals surface area contributed by atoms with Gasteiger partial charge < -0.3 is 10.1 Å². The Hall–Kier alpha value is -1.28. The monoisotopic (exact) mass is 259 g/mol. The average Bonchev–Trinajstić information content (AvgIpc) is 2.40. The highest BCUT2D eigenvalue weighted by Crippen LogP contribution is 2.28. The molecule has 1 unspecified atom stereocenters. The summed E-state index contributed by atoms with van der Waals surface area (Å²) in [6.45, 7) is 7.56. The minimum absolute atomic E-state index is 0.175. The van der Waals surface area contributed by atoms with Crippen molar-refractivity contribution in [3.05, 3.63) is 47.2 Å². The Morgan fingerprint density at radius 3 is 2.32 bits per heavy atom. The zero-order valence-corrected chi connectivity index (χ0v) is 12.5. The molecule has 2 rings (SSSR count). The molecule has 1 N–H and O–H groups in total. The second-order valence-electron chi connectivity index (χ2n) is 6.19. The van der Waals surface area contributed by atoms with E-state index in [1.54, 1.807) is 0 Å². The Kier molecular flexibility index (Phi) is 4.31. The lowest BCUT2D eigenvalue weighted by molar-refractivity contribution is 0.169. The van der Waals surface area contributed by atoms with E-state index in [0.29, 0.717) is 0 Å². The van der Waals surface area contributed by atoms with Crippen LogP contribution in [0.1, 0.15) is 50.8 Å². The van der Waals surface area contributed by atoms with Gasteiger partial charge in [-0.25, -0.2) is 0 Å². The molecule has 2 nitrogen and oxygen atoms in total. The van der Waals surface area contributed by atoms with Crippen LogP contribution in [0.2, 0.25) is 0 Å². The lowest BCUT2D eigenvalue weighted by atomic mass is 9.86. The summed E-state index contributed by atoms with van der Waals surface area (Å²) in [4.78, 5) is 0.